The molecule has 320 valence electrons. The van der Waals surface area contributed by atoms with Crippen LogP contribution in [0, 0.1) is 0 Å². The van der Waals surface area contributed by atoms with E-state index in [9.17, 15) is 0 Å². The Labute approximate surface area is 397 Å². The lowest BCUT2D eigenvalue weighted by atomic mass is 9.74. The lowest BCUT2D eigenvalue weighted by molar-refractivity contribution is 0.714. The standard InChI is InChI=1S/C66H46N2/c1-66(47-26-7-3-8-27-47)59-38-15-11-30-51(59)52-43-42-49(44-60(52)66)67(61-39-16-12-31-53(61)56-35-20-25-46-24-19-34-50(64(46)56)45-22-5-2-6-23-45)62-40-17-13-32-54(62)57-36-21-37-58-55-33-14-18-41-63(55)68(65(57)58)48-28-9-4-10-29-48/h2-44H,1H3. The largest absolute Gasteiger partial charge is 0.309 e. The average molecular weight is 867 g/mol. The maximum absolute atomic E-state index is 2.54. The summed E-state index contributed by atoms with van der Waals surface area (Å²) in [7, 11) is 0. The van der Waals surface area contributed by atoms with E-state index in [1.807, 2.05) is 0 Å². The Balaban J connectivity index is 1.12. The lowest BCUT2D eigenvalue weighted by Crippen LogP contribution is -2.23. The zero-order valence-electron chi connectivity index (χ0n) is 37.7. The molecule has 12 aromatic rings. The number of benzene rings is 11. The molecule has 1 aromatic heterocycles. The molecular formula is C66H46N2. The van der Waals surface area contributed by atoms with Crippen LogP contribution < -0.4 is 4.90 Å². The van der Waals surface area contributed by atoms with Crippen molar-refractivity contribution in [1.82, 2.24) is 4.57 Å². The van der Waals surface area contributed by atoms with Crippen LogP contribution >= 0.6 is 0 Å². The molecule has 0 amide bonds. The van der Waals surface area contributed by atoms with Gasteiger partial charge < -0.3 is 9.47 Å². The summed E-state index contributed by atoms with van der Waals surface area (Å²) in [6.45, 7) is 2.41. The van der Waals surface area contributed by atoms with Crippen molar-refractivity contribution in [2.45, 2.75) is 12.3 Å². The SMILES string of the molecule is CC1(c2ccccc2)c2ccccc2-c2ccc(N(c3ccccc3-c3cccc4cccc(-c5ccccc5)c34)c3ccccc3-c3cccc4c5ccccc5n(-c5ccccc5)c34)cc21. The summed E-state index contributed by atoms with van der Waals surface area (Å²) in [5.41, 5.74) is 20.0. The Bertz CT molecular complexity index is 3860. The van der Waals surface area contributed by atoms with E-state index >= 15 is 0 Å². The van der Waals surface area contributed by atoms with Crippen molar-refractivity contribution in [1.29, 1.82) is 0 Å². The third-order valence-electron chi connectivity index (χ3n) is 14.5. The van der Waals surface area contributed by atoms with Crippen LogP contribution in [0.5, 0.6) is 0 Å². The summed E-state index contributed by atoms with van der Waals surface area (Å²) in [5.74, 6) is 0. The Kier molecular flexibility index (Phi) is 9.33. The van der Waals surface area contributed by atoms with Gasteiger partial charge in [-0.25, -0.2) is 0 Å². The second-order valence-corrected chi connectivity index (χ2v) is 18.1. The number of fused-ring (bicyclic) bond motifs is 7. The van der Waals surface area contributed by atoms with Gasteiger partial charge in [-0.3, -0.25) is 0 Å². The summed E-state index contributed by atoms with van der Waals surface area (Å²) in [5, 5.41) is 4.90. The van der Waals surface area contributed by atoms with Gasteiger partial charge in [0.15, 0.2) is 0 Å². The smallest absolute Gasteiger partial charge is 0.0620 e. The Morgan fingerprint density at radius 1 is 0.368 bits per heavy atom. The van der Waals surface area contributed by atoms with Crippen LogP contribution in [0.2, 0.25) is 0 Å². The van der Waals surface area contributed by atoms with E-state index < -0.39 is 0 Å². The maximum Gasteiger partial charge on any atom is 0.0620 e. The van der Waals surface area contributed by atoms with Gasteiger partial charge in [0.1, 0.15) is 0 Å². The van der Waals surface area contributed by atoms with Gasteiger partial charge in [0, 0.05) is 44.3 Å². The van der Waals surface area contributed by atoms with Gasteiger partial charge in [-0.05, 0) is 105 Å². The van der Waals surface area contributed by atoms with Crippen molar-refractivity contribution in [3.63, 3.8) is 0 Å². The highest BCUT2D eigenvalue weighted by molar-refractivity contribution is 6.15. The van der Waals surface area contributed by atoms with Crippen LogP contribution in [0.25, 0.3) is 82.8 Å². The first-order valence-corrected chi connectivity index (χ1v) is 23.6. The molecule has 0 N–H and O–H groups in total. The molecule has 1 aliphatic rings. The normalized spacial score (nSPS) is 14.0. The van der Waals surface area contributed by atoms with Gasteiger partial charge in [-0.1, -0.05) is 218 Å². The summed E-state index contributed by atoms with van der Waals surface area (Å²) >= 11 is 0. The number of anilines is 3. The number of nitrogens with zero attached hydrogens (tertiary/aromatic N) is 2. The van der Waals surface area contributed by atoms with Gasteiger partial charge in [0.25, 0.3) is 0 Å². The Morgan fingerprint density at radius 2 is 0.897 bits per heavy atom. The molecule has 1 aliphatic carbocycles. The molecule has 0 aliphatic heterocycles. The predicted molar refractivity (Wildman–Crippen MR) is 287 cm³/mol. The molecule has 68 heavy (non-hydrogen) atoms. The quantitative estimate of drug-likeness (QED) is 0.148. The van der Waals surface area contributed by atoms with Crippen LogP contribution in [-0.2, 0) is 5.41 Å². The number of aromatic nitrogens is 1. The minimum Gasteiger partial charge on any atom is -0.309 e. The molecule has 0 saturated heterocycles. The molecule has 0 bridgehead atoms. The zero-order chi connectivity index (χ0) is 45.2. The van der Waals surface area contributed by atoms with Crippen LogP contribution in [-0.4, -0.2) is 4.57 Å². The molecule has 2 nitrogen and oxygen atoms in total. The van der Waals surface area contributed by atoms with Crippen molar-refractivity contribution < 1.29 is 0 Å². The molecule has 0 fully saturated rings. The van der Waals surface area contributed by atoms with E-state index in [0.717, 1.165) is 33.9 Å². The predicted octanol–water partition coefficient (Wildman–Crippen LogP) is 17.7. The molecule has 11 aromatic carbocycles. The number of hydrogen-bond acceptors (Lipinski definition) is 1. The first-order valence-electron chi connectivity index (χ1n) is 23.6. The average Bonchev–Trinajstić information content (AvgIpc) is 3.89. The fraction of sp³-hybridized carbons (Fsp3) is 0.0303. The molecule has 2 heteroatoms. The van der Waals surface area contributed by atoms with E-state index in [2.05, 4.69) is 277 Å². The molecule has 1 atom stereocenters. The number of rotatable bonds is 8. The van der Waals surface area contributed by atoms with Crippen molar-refractivity contribution in [2.75, 3.05) is 4.90 Å². The first kappa shape index (κ1) is 39.6. The Hall–Kier alpha value is -8.72. The molecule has 13 rings (SSSR count). The topological polar surface area (TPSA) is 8.17 Å². The second-order valence-electron chi connectivity index (χ2n) is 18.1. The van der Waals surface area contributed by atoms with Gasteiger partial charge in [-0.15, -0.1) is 0 Å². The minimum atomic E-state index is -0.379. The van der Waals surface area contributed by atoms with E-state index in [1.54, 1.807) is 0 Å². The Morgan fingerprint density at radius 3 is 1.65 bits per heavy atom. The summed E-state index contributed by atoms with van der Waals surface area (Å²) in [6.07, 6.45) is 0. The molecule has 1 unspecified atom stereocenters. The van der Waals surface area contributed by atoms with Crippen LogP contribution in [0.3, 0.4) is 0 Å². The van der Waals surface area contributed by atoms with Crippen molar-refractivity contribution in [3.05, 3.63) is 278 Å². The highest BCUT2D eigenvalue weighted by atomic mass is 15.1. The fourth-order valence-electron chi connectivity index (χ4n) is 11.4. The highest BCUT2D eigenvalue weighted by Gasteiger charge is 2.41. The number of hydrogen-bond donors (Lipinski definition) is 0. The van der Waals surface area contributed by atoms with Crippen LogP contribution in [0.15, 0.2) is 261 Å². The minimum absolute atomic E-state index is 0.379. The third-order valence-corrected chi connectivity index (χ3v) is 14.5. The molecular weight excluding hydrogens is 821 g/mol. The van der Waals surface area contributed by atoms with Crippen molar-refractivity contribution in [3.8, 4) is 50.2 Å². The molecule has 0 radical (unpaired) electrons. The van der Waals surface area contributed by atoms with Crippen molar-refractivity contribution >= 4 is 49.6 Å². The second kappa shape index (κ2) is 16.0. The molecule has 1 heterocycles. The van der Waals surface area contributed by atoms with Crippen LogP contribution in [0.4, 0.5) is 17.1 Å². The maximum atomic E-state index is 2.54. The summed E-state index contributed by atoms with van der Waals surface area (Å²) in [6, 6.07) is 96.0. The van der Waals surface area contributed by atoms with E-state index in [0.29, 0.717) is 0 Å². The summed E-state index contributed by atoms with van der Waals surface area (Å²) in [4.78, 5) is 2.54. The van der Waals surface area contributed by atoms with Crippen LogP contribution in [0.1, 0.15) is 23.6 Å². The fourth-order valence-corrected chi connectivity index (χ4v) is 11.4. The third kappa shape index (κ3) is 6.11. The van der Waals surface area contributed by atoms with E-state index in [-0.39, 0.29) is 5.41 Å². The summed E-state index contributed by atoms with van der Waals surface area (Å²) < 4.78 is 2.45. The van der Waals surface area contributed by atoms with Gasteiger partial charge in [0.05, 0.1) is 22.4 Å². The highest BCUT2D eigenvalue weighted by Crippen LogP contribution is 2.55. The van der Waals surface area contributed by atoms with Crippen molar-refractivity contribution in [2.24, 2.45) is 0 Å². The molecule has 0 saturated carbocycles. The van der Waals surface area contributed by atoms with Gasteiger partial charge >= 0.3 is 0 Å². The zero-order valence-corrected chi connectivity index (χ0v) is 37.7. The van der Waals surface area contributed by atoms with Gasteiger partial charge in [0.2, 0.25) is 0 Å². The number of para-hydroxylation sites is 5. The monoisotopic (exact) mass is 866 g/mol. The van der Waals surface area contributed by atoms with Gasteiger partial charge in [-0.2, -0.15) is 0 Å². The molecule has 0 spiro atoms. The first-order chi connectivity index (χ1) is 33.7. The lowest BCUT2D eigenvalue weighted by Gasteiger charge is -2.33. The van der Waals surface area contributed by atoms with E-state index in [4.69, 9.17) is 0 Å². The van der Waals surface area contributed by atoms with E-state index in [1.165, 1.54) is 82.6 Å².